The molecule has 0 spiro atoms. The third-order valence-electron chi connectivity index (χ3n) is 3.15. The molecule has 0 radical (unpaired) electrons. The number of benzene rings is 2. The Morgan fingerprint density at radius 1 is 1.04 bits per heavy atom. The second kappa shape index (κ2) is 8.72. The summed E-state index contributed by atoms with van der Waals surface area (Å²) in [5.74, 6) is 0.727. The zero-order valence-corrected chi connectivity index (χ0v) is 13.8. The second-order valence-corrected chi connectivity index (χ2v) is 5.02. The number of hydrogen-bond donors (Lipinski definition) is 0. The normalized spacial score (nSPS) is 10.1. The summed E-state index contributed by atoms with van der Waals surface area (Å²) in [5, 5.41) is 0. The quantitative estimate of drug-likeness (QED) is 0.418. The minimum Gasteiger partial charge on any atom is -0.494 e. The Kier molecular flexibility index (Phi) is 6.37. The summed E-state index contributed by atoms with van der Waals surface area (Å²) >= 11 is 0. The van der Waals surface area contributed by atoms with Crippen molar-refractivity contribution in [1.29, 1.82) is 0 Å². The number of ether oxygens (including phenoxy) is 3. The summed E-state index contributed by atoms with van der Waals surface area (Å²) in [4.78, 5) is 23.2. The Bertz CT molecular complexity index is 709. The summed E-state index contributed by atoms with van der Waals surface area (Å²) in [6, 6.07) is 11.5. The van der Waals surface area contributed by atoms with Crippen LogP contribution in [0.2, 0.25) is 0 Å². The molecule has 0 saturated heterocycles. The highest BCUT2D eigenvalue weighted by atomic mass is 16.6. The van der Waals surface area contributed by atoms with Crippen LogP contribution in [0.4, 0.5) is 0 Å². The topological polar surface area (TPSA) is 61.8 Å². The molecule has 0 amide bonds. The highest BCUT2D eigenvalue weighted by molar-refractivity contribution is 5.92. The van der Waals surface area contributed by atoms with Crippen LogP contribution >= 0.6 is 0 Å². The van der Waals surface area contributed by atoms with E-state index in [1.165, 1.54) is 0 Å². The molecular weight excluding hydrogens is 308 g/mol. The first kappa shape index (κ1) is 17.5. The van der Waals surface area contributed by atoms with Crippen LogP contribution in [-0.4, -0.2) is 25.5 Å². The number of aldehydes is 1. The van der Waals surface area contributed by atoms with Gasteiger partial charge in [-0.3, -0.25) is 4.79 Å². The predicted octanol–water partition coefficient (Wildman–Crippen LogP) is 3.91. The van der Waals surface area contributed by atoms with Crippen molar-refractivity contribution in [2.75, 3.05) is 13.2 Å². The smallest absolute Gasteiger partial charge is 0.343 e. The van der Waals surface area contributed by atoms with Gasteiger partial charge in [-0.1, -0.05) is 13.0 Å². The van der Waals surface area contributed by atoms with Crippen LogP contribution in [0.1, 0.15) is 41.0 Å². The summed E-state index contributed by atoms with van der Waals surface area (Å²) in [7, 11) is 0. The highest BCUT2D eigenvalue weighted by Gasteiger charge is 2.14. The lowest BCUT2D eigenvalue weighted by molar-refractivity contribution is 0.0728. The predicted molar refractivity (Wildman–Crippen MR) is 90.2 cm³/mol. The summed E-state index contributed by atoms with van der Waals surface area (Å²) in [5.41, 5.74) is 0.832. The molecule has 2 aromatic carbocycles. The summed E-state index contributed by atoms with van der Waals surface area (Å²) < 4.78 is 16.4. The van der Waals surface area contributed by atoms with Crippen molar-refractivity contribution >= 4 is 12.3 Å². The van der Waals surface area contributed by atoms with Crippen molar-refractivity contribution in [3.63, 3.8) is 0 Å². The van der Waals surface area contributed by atoms with E-state index in [9.17, 15) is 9.59 Å². The molecule has 2 rings (SSSR count). The fourth-order valence-electron chi connectivity index (χ4n) is 2.04. The van der Waals surface area contributed by atoms with E-state index in [0.717, 1.165) is 6.42 Å². The SMILES string of the molecule is CCCOc1cccc(C(=O)Oc2ccc(C=O)cc2OCC)c1. The van der Waals surface area contributed by atoms with Crippen molar-refractivity contribution < 1.29 is 23.8 Å². The van der Waals surface area contributed by atoms with E-state index in [1.54, 1.807) is 42.5 Å². The maximum Gasteiger partial charge on any atom is 0.343 e. The van der Waals surface area contributed by atoms with Gasteiger partial charge in [0.25, 0.3) is 0 Å². The Hall–Kier alpha value is -2.82. The number of esters is 1. The van der Waals surface area contributed by atoms with Gasteiger partial charge in [-0.05, 0) is 49.7 Å². The highest BCUT2D eigenvalue weighted by Crippen LogP contribution is 2.29. The van der Waals surface area contributed by atoms with Crippen molar-refractivity contribution in [2.24, 2.45) is 0 Å². The van der Waals surface area contributed by atoms with Crippen LogP contribution in [0.15, 0.2) is 42.5 Å². The average Bonchev–Trinajstić information content (AvgIpc) is 2.61. The molecule has 0 fully saturated rings. The van der Waals surface area contributed by atoms with Gasteiger partial charge >= 0.3 is 5.97 Å². The van der Waals surface area contributed by atoms with Crippen molar-refractivity contribution in [2.45, 2.75) is 20.3 Å². The molecule has 0 aliphatic heterocycles. The van der Waals surface area contributed by atoms with Gasteiger partial charge < -0.3 is 14.2 Å². The van der Waals surface area contributed by atoms with Gasteiger partial charge in [-0.25, -0.2) is 4.79 Å². The molecule has 5 nitrogen and oxygen atoms in total. The summed E-state index contributed by atoms with van der Waals surface area (Å²) in [6.07, 6.45) is 1.60. The first-order valence-electron chi connectivity index (χ1n) is 7.85. The Balaban J connectivity index is 2.18. The summed E-state index contributed by atoms with van der Waals surface area (Å²) in [6.45, 7) is 4.80. The Morgan fingerprint density at radius 2 is 1.88 bits per heavy atom. The van der Waals surface area contributed by atoms with Crippen LogP contribution in [0.5, 0.6) is 17.2 Å². The molecule has 0 heterocycles. The van der Waals surface area contributed by atoms with Gasteiger partial charge in [0.2, 0.25) is 0 Å². The third kappa shape index (κ3) is 4.59. The van der Waals surface area contributed by atoms with E-state index in [4.69, 9.17) is 14.2 Å². The van der Waals surface area contributed by atoms with E-state index in [2.05, 4.69) is 0 Å². The van der Waals surface area contributed by atoms with Crippen LogP contribution in [0, 0.1) is 0 Å². The lowest BCUT2D eigenvalue weighted by atomic mass is 10.2. The second-order valence-electron chi connectivity index (χ2n) is 5.02. The zero-order chi connectivity index (χ0) is 17.4. The number of carbonyl (C=O) groups is 2. The molecule has 0 unspecified atom stereocenters. The average molecular weight is 328 g/mol. The van der Waals surface area contributed by atoms with Gasteiger partial charge in [0.15, 0.2) is 11.5 Å². The number of hydrogen-bond acceptors (Lipinski definition) is 5. The van der Waals surface area contributed by atoms with Crippen LogP contribution in [-0.2, 0) is 0 Å². The lowest BCUT2D eigenvalue weighted by Gasteiger charge is -2.11. The van der Waals surface area contributed by atoms with E-state index in [-0.39, 0.29) is 5.75 Å². The van der Waals surface area contributed by atoms with Gasteiger partial charge in [0, 0.05) is 5.56 Å². The maximum atomic E-state index is 12.3. The molecule has 2 aromatic rings. The largest absolute Gasteiger partial charge is 0.494 e. The maximum absolute atomic E-state index is 12.3. The van der Waals surface area contributed by atoms with E-state index < -0.39 is 5.97 Å². The van der Waals surface area contributed by atoms with Crippen LogP contribution in [0.3, 0.4) is 0 Å². The van der Waals surface area contributed by atoms with Gasteiger partial charge in [-0.2, -0.15) is 0 Å². The van der Waals surface area contributed by atoms with E-state index >= 15 is 0 Å². The minimum atomic E-state index is -0.517. The first-order valence-corrected chi connectivity index (χ1v) is 7.85. The lowest BCUT2D eigenvalue weighted by Crippen LogP contribution is -2.10. The minimum absolute atomic E-state index is 0.271. The van der Waals surface area contributed by atoms with E-state index in [0.29, 0.717) is 42.1 Å². The van der Waals surface area contributed by atoms with Gasteiger partial charge in [0.05, 0.1) is 18.8 Å². The Labute approximate surface area is 141 Å². The molecule has 24 heavy (non-hydrogen) atoms. The van der Waals surface area contributed by atoms with E-state index in [1.807, 2.05) is 13.8 Å². The molecule has 126 valence electrons. The molecule has 0 bridgehead atoms. The molecule has 0 atom stereocenters. The van der Waals surface area contributed by atoms with Crippen LogP contribution < -0.4 is 14.2 Å². The number of carbonyl (C=O) groups excluding carboxylic acids is 2. The molecule has 0 N–H and O–H groups in total. The first-order chi connectivity index (χ1) is 11.7. The molecular formula is C19H20O5. The molecule has 0 aliphatic rings. The van der Waals surface area contributed by atoms with Gasteiger partial charge in [-0.15, -0.1) is 0 Å². The van der Waals surface area contributed by atoms with Crippen molar-refractivity contribution in [3.8, 4) is 17.2 Å². The molecule has 5 heteroatoms. The number of rotatable bonds is 8. The van der Waals surface area contributed by atoms with Crippen molar-refractivity contribution in [3.05, 3.63) is 53.6 Å². The van der Waals surface area contributed by atoms with Crippen molar-refractivity contribution in [1.82, 2.24) is 0 Å². The fourth-order valence-corrected chi connectivity index (χ4v) is 2.04. The van der Waals surface area contributed by atoms with Crippen LogP contribution in [0.25, 0.3) is 0 Å². The third-order valence-corrected chi connectivity index (χ3v) is 3.15. The molecule has 0 saturated carbocycles. The molecule has 0 aliphatic carbocycles. The molecule has 0 aromatic heterocycles. The standard InChI is InChI=1S/C19H20O5/c1-3-10-23-16-7-5-6-15(12-16)19(21)24-17-9-8-14(13-20)11-18(17)22-4-2/h5-9,11-13H,3-4,10H2,1-2H3. The van der Waals surface area contributed by atoms with Gasteiger partial charge in [0.1, 0.15) is 12.0 Å². The zero-order valence-electron chi connectivity index (χ0n) is 13.8. The Morgan fingerprint density at radius 3 is 2.58 bits per heavy atom. The monoisotopic (exact) mass is 328 g/mol. The fraction of sp³-hybridized carbons (Fsp3) is 0.263.